The van der Waals surface area contributed by atoms with Crippen LogP contribution in [0, 0.1) is 0 Å². The maximum Gasteiger partial charge on any atom is 0.248 e. The van der Waals surface area contributed by atoms with Crippen molar-refractivity contribution in [1.82, 2.24) is 0 Å². The minimum absolute atomic E-state index is 0.182. The monoisotopic (exact) mass is 251 g/mol. The zero-order valence-corrected chi connectivity index (χ0v) is 10.2. The van der Waals surface area contributed by atoms with Crippen LogP contribution in [0.25, 0.3) is 0 Å². The lowest BCUT2D eigenvalue weighted by Crippen LogP contribution is -2.64. The number of hydrogen-bond donors (Lipinski definition) is 2. The second kappa shape index (κ2) is 4.10. The predicted octanol–water partition coefficient (Wildman–Crippen LogP) is 2.15. The van der Waals surface area contributed by atoms with Crippen molar-refractivity contribution in [3.8, 4) is 0 Å². The van der Waals surface area contributed by atoms with E-state index in [2.05, 4.69) is 0 Å². The van der Waals surface area contributed by atoms with E-state index < -0.39 is 17.1 Å². The van der Waals surface area contributed by atoms with Gasteiger partial charge in [-0.15, -0.1) is 0 Å². The van der Waals surface area contributed by atoms with Gasteiger partial charge in [-0.3, -0.25) is 0 Å². The van der Waals surface area contributed by atoms with Gasteiger partial charge in [0.15, 0.2) is 0 Å². The summed E-state index contributed by atoms with van der Waals surface area (Å²) in [6.07, 6.45) is 1.39. The molecule has 1 heterocycles. The van der Waals surface area contributed by atoms with E-state index >= 15 is 0 Å². The third-order valence-electron chi connectivity index (χ3n) is 4.12. The van der Waals surface area contributed by atoms with Crippen LogP contribution in [-0.2, 0) is 0 Å². The minimum atomic E-state index is -2.58. The second-order valence-electron chi connectivity index (χ2n) is 5.16. The largest absolute Gasteiger partial charge is 0.388 e. The van der Waals surface area contributed by atoms with Gasteiger partial charge >= 0.3 is 0 Å². The number of nitrogens with two attached hydrogens (primary N) is 1. The number of thioether (sulfide) groups is 1. The van der Waals surface area contributed by atoms with Crippen LogP contribution in [0.5, 0.6) is 0 Å². The molecule has 0 unspecified atom stereocenters. The molecule has 0 bridgehead atoms. The molecule has 3 N–H and O–H groups in total. The number of alkyl halides is 2. The molecule has 0 aromatic rings. The summed E-state index contributed by atoms with van der Waals surface area (Å²) in [5, 5.41) is 10.5. The van der Waals surface area contributed by atoms with Gasteiger partial charge in [-0.1, -0.05) is 0 Å². The Kier molecular flexibility index (Phi) is 3.23. The Morgan fingerprint density at radius 2 is 1.44 bits per heavy atom. The van der Waals surface area contributed by atoms with Crippen LogP contribution in [-0.4, -0.2) is 33.7 Å². The van der Waals surface area contributed by atoms with Crippen LogP contribution >= 0.6 is 11.8 Å². The maximum absolute atomic E-state index is 13.1. The number of hydrogen-bond acceptors (Lipinski definition) is 3. The molecular weight excluding hydrogens is 232 g/mol. The van der Waals surface area contributed by atoms with E-state index in [0.29, 0.717) is 12.8 Å². The summed E-state index contributed by atoms with van der Waals surface area (Å²) in [6, 6.07) is 0. The topological polar surface area (TPSA) is 46.2 Å². The summed E-state index contributed by atoms with van der Waals surface area (Å²) in [7, 11) is 0. The van der Waals surface area contributed by atoms with Gasteiger partial charge in [0.2, 0.25) is 5.92 Å². The van der Waals surface area contributed by atoms with Gasteiger partial charge in [-0.05, 0) is 37.2 Å². The average molecular weight is 251 g/mol. The van der Waals surface area contributed by atoms with Crippen LogP contribution in [0.4, 0.5) is 8.78 Å². The van der Waals surface area contributed by atoms with Crippen LogP contribution in [0.15, 0.2) is 0 Å². The number of aliphatic hydroxyl groups is 1. The normalized spacial score (nSPS) is 32.2. The fourth-order valence-corrected chi connectivity index (χ4v) is 3.90. The fraction of sp³-hybridized carbons (Fsp3) is 1.00. The van der Waals surface area contributed by atoms with Gasteiger partial charge in [0.25, 0.3) is 0 Å². The zero-order chi connectivity index (χ0) is 11.9. The van der Waals surface area contributed by atoms with Crippen molar-refractivity contribution in [1.29, 1.82) is 0 Å². The smallest absolute Gasteiger partial charge is 0.248 e. The van der Waals surface area contributed by atoms with E-state index in [1.165, 1.54) is 0 Å². The highest BCUT2D eigenvalue weighted by Crippen LogP contribution is 2.46. The van der Waals surface area contributed by atoms with E-state index in [1.807, 2.05) is 0 Å². The molecule has 1 saturated heterocycles. The first-order valence-corrected chi connectivity index (χ1v) is 6.99. The molecule has 5 heteroatoms. The Morgan fingerprint density at radius 3 is 1.94 bits per heavy atom. The summed E-state index contributed by atoms with van der Waals surface area (Å²) in [4.78, 5) is 0. The molecule has 1 aliphatic heterocycles. The third-order valence-corrected chi connectivity index (χ3v) is 5.11. The summed E-state index contributed by atoms with van der Waals surface area (Å²) in [6.45, 7) is 0. The Balaban J connectivity index is 2.07. The van der Waals surface area contributed by atoms with E-state index in [0.717, 1.165) is 11.5 Å². The first-order chi connectivity index (χ1) is 7.37. The molecule has 1 saturated carbocycles. The number of halogens is 2. The van der Waals surface area contributed by atoms with E-state index in [9.17, 15) is 13.9 Å². The van der Waals surface area contributed by atoms with Crippen molar-refractivity contribution >= 4 is 11.8 Å². The number of rotatable bonds is 1. The summed E-state index contributed by atoms with van der Waals surface area (Å²) >= 11 is 1.80. The van der Waals surface area contributed by atoms with Gasteiger partial charge in [-0.2, -0.15) is 11.8 Å². The Hall–Kier alpha value is 0.130. The molecule has 0 aromatic carbocycles. The van der Waals surface area contributed by atoms with Crippen molar-refractivity contribution < 1.29 is 13.9 Å². The Labute approximate surface area is 99.0 Å². The van der Waals surface area contributed by atoms with Crippen molar-refractivity contribution in [2.45, 2.75) is 55.6 Å². The summed E-state index contributed by atoms with van der Waals surface area (Å²) in [5.74, 6) is -0.819. The summed E-state index contributed by atoms with van der Waals surface area (Å²) in [5.41, 5.74) is 4.48. The Bertz CT molecular complexity index is 257. The van der Waals surface area contributed by atoms with Gasteiger partial charge in [0.1, 0.15) is 0 Å². The highest BCUT2D eigenvalue weighted by atomic mass is 32.2. The molecule has 0 radical (unpaired) electrons. The molecule has 0 atom stereocenters. The van der Waals surface area contributed by atoms with E-state index in [4.69, 9.17) is 5.73 Å². The van der Waals surface area contributed by atoms with Gasteiger partial charge in [0, 0.05) is 18.4 Å². The Morgan fingerprint density at radius 1 is 0.938 bits per heavy atom. The SMILES string of the molecule is NC1(C2(O)CCSCC2)CCC(F)(F)CC1. The van der Waals surface area contributed by atoms with Crippen molar-refractivity contribution in [3.05, 3.63) is 0 Å². The molecule has 0 spiro atoms. The first kappa shape index (κ1) is 12.6. The van der Waals surface area contributed by atoms with Crippen molar-refractivity contribution in [3.63, 3.8) is 0 Å². The molecule has 0 aromatic heterocycles. The zero-order valence-electron chi connectivity index (χ0n) is 9.35. The highest BCUT2D eigenvalue weighted by Gasteiger charge is 2.52. The van der Waals surface area contributed by atoms with Crippen LogP contribution in [0.2, 0.25) is 0 Å². The molecule has 16 heavy (non-hydrogen) atoms. The molecule has 2 fully saturated rings. The fourth-order valence-electron chi connectivity index (χ4n) is 2.73. The van der Waals surface area contributed by atoms with Gasteiger partial charge in [-0.25, -0.2) is 8.78 Å². The molecule has 2 nitrogen and oxygen atoms in total. The third kappa shape index (κ3) is 2.22. The van der Waals surface area contributed by atoms with Crippen molar-refractivity contribution in [2.75, 3.05) is 11.5 Å². The first-order valence-electron chi connectivity index (χ1n) is 5.84. The molecule has 0 amide bonds. The van der Waals surface area contributed by atoms with E-state index in [1.54, 1.807) is 11.8 Å². The molecule has 2 rings (SSSR count). The lowest BCUT2D eigenvalue weighted by atomic mass is 9.67. The van der Waals surface area contributed by atoms with Crippen molar-refractivity contribution in [2.24, 2.45) is 5.73 Å². The maximum atomic E-state index is 13.1. The van der Waals surface area contributed by atoms with Gasteiger partial charge in [0.05, 0.1) is 5.60 Å². The van der Waals surface area contributed by atoms with Crippen LogP contribution in [0.3, 0.4) is 0 Å². The molecule has 94 valence electrons. The van der Waals surface area contributed by atoms with Crippen LogP contribution in [0.1, 0.15) is 38.5 Å². The lowest BCUT2D eigenvalue weighted by Gasteiger charge is -2.50. The quantitative estimate of drug-likeness (QED) is 0.750. The molecule has 1 aliphatic carbocycles. The van der Waals surface area contributed by atoms with Gasteiger partial charge < -0.3 is 10.8 Å². The highest BCUT2D eigenvalue weighted by molar-refractivity contribution is 7.99. The molecule has 2 aliphatic rings. The standard InChI is InChI=1S/C11H19F2NOS/c12-11(13)3-1-9(14,2-4-11)10(15)5-7-16-8-6-10/h15H,1-8,14H2. The second-order valence-corrected chi connectivity index (χ2v) is 6.38. The lowest BCUT2D eigenvalue weighted by molar-refractivity contribution is -0.110. The predicted molar refractivity (Wildman–Crippen MR) is 61.8 cm³/mol. The molecular formula is C11H19F2NOS. The minimum Gasteiger partial charge on any atom is -0.388 e. The van der Waals surface area contributed by atoms with E-state index in [-0.39, 0.29) is 25.7 Å². The average Bonchev–Trinajstić information content (AvgIpc) is 2.24. The van der Waals surface area contributed by atoms with Crippen LogP contribution < -0.4 is 5.73 Å². The summed E-state index contributed by atoms with van der Waals surface area (Å²) < 4.78 is 26.2.